The molecule has 0 aliphatic carbocycles. The summed E-state index contributed by atoms with van der Waals surface area (Å²) < 4.78 is 32.6. The van der Waals surface area contributed by atoms with E-state index in [9.17, 15) is 8.78 Å². The van der Waals surface area contributed by atoms with Gasteiger partial charge in [0.25, 0.3) is 0 Å². The molecule has 106 valence electrons. The largest absolute Gasteiger partial charge is 0.484 e. The van der Waals surface area contributed by atoms with Gasteiger partial charge in [-0.3, -0.25) is 0 Å². The quantitative estimate of drug-likeness (QED) is 0.922. The van der Waals surface area contributed by atoms with Crippen LogP contribution in [-0.2, 0) is 0 Å². The van der Waals surface area contributed by atoms with Crippen LogP contribution in [0.1, 0.15) is 18.6 Å². The molecular weight excluding hydrogens is 284 g/mol. The monoisotopic (exact) mass is 297 g/mol. The van der Waals surface area contributed by atoms with Gasteiger partial charge in [0.05, 0.1) is 5.02 Å². The zero-order valence-corrected chi connectivity index (χ0v) is 11.6. The summed E-state index contributed by atoms with van der Waals surface area (Å²) >= 11 is 5.69. The lowest BCUT2D eigenvalue weighted by Gasteiger charge is -2.23. The van der Waals surface area contributed by atoms with Gasteiger partial charge < -0.3 is 10.5 Å². The Bertz CT molecular complexity index is 604. The van der Waals surface area contributed by atoms with Gasteiger partial charge in [0.1, 0.15) is 23.5 Å². The average Bonchev–Trinajstić information content (AvgIpc) is 2.41. The Labute approximate surface area is 121 Å². The van der Waals surface area contributed by atoms with E-state index in [4.69, 9.17) is 22.1 Å². The second kappa shape index (κ2) is 6.20. The summed E-state index contributed by atoms with van der Waals surface area (Å²) in [4.78, 5) is 0. The lowest BCUT2D eigenvalue weighted by molar-refractivity contribution is 0.175. The first-order valence-corrected chi connectivity index (χ1v) is 6.48. The maximum Gasteiger partial charge on any atom is 0.142 e. The standard InChI is InChI=1S/C15H14ClF2NO/c1-9(19)15(11-4-2-3-5-13(11)17)20-10-6-7-14(18)12(16)8-10/h2-9,15H,19H2,1H3. The van der Waals surface area contributed by atoms with E-state index < -0.39 is 23.8 Å². The van der Waals surface area contributed by atoms with Crippen molar-refractivity contribution in [3.05, 3.63) is 64.7 Å². The van der Waals surface area contributed by atoms with E-state index in [1.807, 2.05) is 0 Å². The van der Waals surface area contributed by atoms with Gasteiger partial charge in [0.2, 0.25) is 0 Å². The SMILES string of the molecule is CC(N)C(Oc1ccc(F)c(Cl)c1)c1ccccc1F. The van der Waals surface area contributed by atoms with E-state index in [0.717, 1.165) is 0 Å². The van der Waals surface area contributed by atoms with Crippen LogP contribution < -0.4 is 10.5 Å². The van der Waals surface area contributed by atoms with Gasteiger partial charge in [-0.1, -0.05) is 29.8 Å². The molecule has 0 bridgehead atoms. The van der Waals surface area contributed by atoms with Gasteiger partial charge in [-0.25, -0.2) is 8.78 Å². The molecule has 2 atom stereocenters. The van der Waals surface area contributed by atoms with Crippen LogP contribution >= 0.6 is 11.6 Å². The first-order chi connectivity index (χ1) is 9.49. The van der Waals surface area contributed by atoms with Gasteiger partial charge >= 0.3 is 0 Å². The minimum atomic E-state index is -0.683. The van der Waals surface area contributed by atoms with E-state index in [0.29, 0.717) is 11.3 Å². The molecule has 5 heteroatoms. The summed E-state index contributed by atoms with van der Waals surface area (Å²) in [5, 5.41) is -0.0561. The molecule has 0 spiro atoms. The van der Waals surface area contributed by atoms with Crippen LogP contribution in [0.25, 0.3) is 0 Å². The van der Waals surface area contributed by atoms with Crippen LogP contribution in [0.4, 0.5) is 8.78 Å². The number of nitrogens with two attached hydrogens (primary N) is 1. The molecule has 0 aliphatic rings. The van der Waals surface area contributed by atoms with Crippen molar-refractivity contribution in [3.63, 3.8) is 0 Å². The summed E-state index contributed by atoms with van der Waals surface area (Å²) in [6.07, 6.45) is -0.683. The van der Waals surface area contributed by atoms with Gasteiger partial charge in [-0.05, 0) is 25.1 Å². The number of rotatable bonds is 4. The zero-order valence-electron chi connectivity index (χ0n) is 10.8. The third kappa shape index (κ3) is 3.26. The topological polar surface area (TPSA) is 35.2 Å². The van der Waals surface area contributed by atoms with Gasteiger partial charge in [0.15, 0.2) is 0 Å². The average molecular weight is 298 g/mol. The Morgan fingerprint density at radius 3 is 2.40 bits per heavy atom. The lowest BCUT2D eigenvalue weighted by Crippen LogP contribution is -2.29. The Kier molecular flexibility index (Phi) is 4.57. The van der Waals surface area contributed by atoms with Crippen molar-refractivity contribution in [1.82, 2.24) is 0 Å². The molecule has 0 aromatic heterocycles. The van der Waals surface area contributed by atoms with Crippen LogP contribution in [0.2, 0.25) is 5.02 Å². The second-order valence-electron chi connectivity index (χ2n) is 4.49. The molecule has 2 nitrogen and oxygen atoms in total. The zero-order chi connectivity index (χ0) is 14.7. The van der Waals surface area contributed by atoms with Gasteiger partial charge in [-0.15, -0.1) is 0 Å². The normalized spacial score (nSPS) is 13.8. The Hall–Kier alpha value is -1.65. The van der Waals surface area contributed by atoms with Crippen molar-refractivity contribution in [2.45, 2.75) is 19.1 Å². The summed E-state index contributed by atoms with van der Waals surface area (Å²) in [6, 6.07) is 9.75. The Morgan fingerprint density at radius 2 is 1.80 bits per heavy atom. The van der Waals surface area contributed by atoms with Crippen LogP contribution in [0.15, 0.2) is 42.5 Å². The van der Waals surface area contributed by atoms with E-state index in [1.54, 1.807) is 25.1 Å². The van der Waals surface area contributed by atoms with Crippen LogP contribution in [-0.4, -0.2) is 6.04 Å². The van der Waals surface area contributed by atoms with Crippen molar-refractivity contribution in [2.75, 3.05) is 0 Å². The first-order valence-electron chi connectivity index (χ1n) is 6.10. The molecule has 2 N–H and O–H groups in total. The molecule has 0 saturated carbocycles. The maximum atomic E-state index is 13.8. The highest BCUT2D eigenvalue weighted by molar-refractivity contribution is 6.30. The molecule has 0 aliphatic heterocycles. The molecule has 0 amide bonds. The van der Waals surface area contributed by atoms with E-state index >= 15 is 0 Å². The fourth-order valence-electron chi connectivity index (χ4n) is 1.86. The van der Waals surface area contributed by atoms with Crippen molar-refractivity contribution in [2.24, 2.45) is 5.73 Å². The highest BCUT2D eigenvalue weighted by Gasteiger charge is 2.21. The number of ether oxygens (including phenoxy) is 1. The smallest absolute Gasteiger partial charge is 0.142 e. The maximum absolute atomic E-state index is 13.8. The van der Waals surface area contributed by atoms with Crippen LogP contribution in [0, 0.1) is 11.6 Å². The molecule has 2 aromatic carbocycles. The molecule has 2 rings (SSSR count). The summed E-state index contributed by atoms with van der Waals surface area (Å²) in [7, 11) is 0. The predicted molar refractivity (Wildman–Crippen MR) is 74.8 cm³/mol. The van der Waals surface area contributed by atoms with E-state index in [-0.39, 0.29) is 5.02 Å². The van der Waals surface area contributed by atoms with Crippen molar-refractivity contribution in [1.29, 1.82) is 0 Å². The fraction of sp³-hybridized carbons (Fsp3) is 0.200. The third-order valence-electron chi connectivity index (χ3n) is 2.84. The van der Waals surface area contributed by atoms with Gasteiger partial charge in [-0.2, -0.15) is 0 Å². The third-order valence-corrected chi connectivity index (χ3v) is 3.13. The molecule has 0 heterocycles. The number of hydrogen-bond acceptors (Lipinski definition) is 2. The summed E-state index contributed by atoms with van der Waals surface area (Å²) in [5.74, 6) is -0.604. The van der Waals surface area contributed by atoms with Crippen LogP contribution in [0.5, 0.6) is 5.75 Å². The predicted octanol–water partition coefficient (Wildman–Crippen LogP) is 4.09. The second-order valence-corrected chi connectivity index (χ2v) is 4.90. The number of hydrogen-bond donors (Lipinski definition) is 1. The molecule has 20 heavy (non-hydrogen) atoms. The highest BCUT2D eigenvalue weighted by atomic mass is 35.5. The highest BCUT2D eigenvalue weighted by Crippen LogP contribution is 2.28. The molecule has 2 aromatic rings. The van der Waals surface area contributed by atoms with Crippen molar-refractivity contribution < 1.29 is 13.5 Å². The van der Waals surface area contributed by atoms with Crippen molar-refractivity contribution >= 4 is 11.6 Å². The van der Waals surface area contributed by atoms with Crippen molar-refractivity contribution in [3.8, 4) is 5.75 Å². The summed E-state index contributed by atoms with van der Waals surface area (Å²) in [5.41, 5.74) is 6.20. The fourth-order valence-corrected chi connectivity index (χ4v) is 2.03. The first kappa shape index (κ1) is 14.8. The molecule has 0 saturated heterocycles. The molecular formula is C15H14ClF2NO. The number of benzene rings is 2. The minimum Gasteiger partial charge on any atom is -0.484 e. The molecule has 2 unspecified atom stereocenters. The van der Waals surface area contributed by atoms with Crippen LogP contribution in [0.3, 0.4) is 0 Å². The molecule has 0 radical (unpaired) electrons. The van der Waals surface area contributed by atoms with E-state index in [2.05, 4.69) is 0 Å². The Morgan fingerprint density at radius 1 is 1.10 bits per heavy atom. The van der Waals surface area contributed by atoms with Gasteiger partial charge in [0, 0.05) is 17.7 Å². The minimum absolute atomic E-state index is 0.0561. The van der Waals surface area contributed by atoms with E-state index in [1.165, 1.54) is 24.3 Å². The number of halogens is 3. The Balaban J connectivity index is 2.31. The molecule has 0 fully saturated rings. The summed E-state index contributed by atoms with van der Waals surface area (Å²) in [6.45, 7) is 1.71. The lowest BCUT2D eigenvalue weighted by atomic mass is 10.0.